The lowest BCUT2D eigenvalue weighted by Crippen LogP contribution is -2.36. The van der Waals surface area contributed by atoms with Gasteiger partial charge >= 0.3 is 12.1 Å². The van der Waals surface area contributed by atoms with Gasteiger partial charge in [0.15, 0.2) is 11.5 Å². The molecule has 1 aliphatic rings. The van der Waals surface area contributed by atoms with Crippen LogP contribution >= 0.6 is 11.6 Å². The van der Waals surface area contributed by atoms with Crippen LogP contribution < -0.4 is 24.4 Å². The van der Waals surface area contributed by atoms with E-state index in [2.05, 4.69) is 0 Å². The molecule has 0 radical (unpaired) electrons. The van der Waals surface area contributed by atoms with Gasteiger partial charge in [0.2, 0.25) is 11.2 Å². The van der Waals surface area contributed by atoms with E-state index in [9.17, 15) is 22.8 Å². The number of hydrogen-bond donors (Lipinski definition) is 0. The molecule has 0 saturated carbocycles. The Bertz CT molecular complexity index is 1770. The summed E-state index contributed by atoms with van der Waals surface area (Å²) in [6, 6.07) is 11.2. The molecule has 1 saturated heterocycles. The fraction of sp³-hybridized carbons (Fsp3) is 0.290. The first-order valence-electron chi connectivity index (χ1n) is 13.4. The molecule has 2 heterocycles. The number of rotatable bonds is 8. The molecule has 0 aliphatic carbocycles. The summed E-state index contributed by atoms with van der Waals surface area (Å²) < 4.78 is 75.7. The minimum atomic E-state index is -5.10. The molecule has 9 nitrogen and oxygen atoms in total. The van der Waals surface area contributed by atoms with Crippen molar-refractivity contribution in [3.63, 3.8) is 0 Å². The van der Waals surface area contributed by atoms with Gasteiger partial charge < -0.3 is 28.1 Å². The average Bonchev–Trinajstić information content (AvgIpc) is 3.00. The second-order valence-electron chi connectivity index (χ2n) is 9.87. The summed E-state index contributed by atoms with van der Waals surface area (Å²) in [6.07, 6.45) is -5.10. The largest absolute Gasteiger partial charge is 0.493 e. The maximum Gasteiger partial charge on any atom is 0.453 e. The standard InChI is InChI=1S/C31H27ClF3NO8/c1-17-14-19(5-7-22(17)32)42-28-26(37)20-6-9-23(43-30(38)18-4-8-24(39-2)25(15-18)40-3)21(16-36-10-12-41-13-11-36)27(20)44-29(28)31(33,34)35/h4-9,14-15H,10-13,16H2,1-3H3. The Balaban J connectivity index is 1.64. The number of hydrogen-bond acceptors (Lipinski definition) is 9. The van der Waals surface area contributed by atoms with Gasteiger partial charge in [0.25, 0.3) is 5.76 Å². The number of esters is 1. The Labute approximate surface area is 254 Å². The lowest BCUT2D eigenvalue weighted by Gasteiger charge is -2.27. The monoisotopic (exact) mass is 633 g/mol. The number of carbonyl (C=O) groups excluding carboxylic acids is 1. The van der Waals surface area contributed by atoms with E-state index in [0.29, 0.717) is 42.6 Å². The van der Waals surface area contributed by atoms with Crippen molar-refractivity contribution in [2.45, 2.75) is 19.6 Å². The Morgan fingerprint density at radius 2 is 1.68 bits per heavy atom. The van der Waals surface area contributed by atoms with Crippen LogP contribution in [0.25, 0.3) is 11.0 Å². The van der Waals surface area contributed by atoms with E-state index in [1.54, 1.807) is 6.92 Å². The maximum absolute atomic E-state index is 14.4. The third kappa shape index (κ3) is 6.47. The zero-order valence-electron chi connectivity index (χ0n) is 23.9. The SMILES string of the molecule is COc1ccc(C(=O)Oc2ccc3c(=O)c(Oc4ccc(Cl)c(C)c4)c(C(F)(F)F)oc3c2CN2CCOCC2)cc1OC. The minimum absolute atomic E-state index is 0.00602. The van der Waals surface area contributed by atoms with Crippen LogP contribution in [0.1, 0.15) is 27.2 Å². The lowest BCUT2D eigenvalue weighted by atomic mass is 10.1. The molecule has 0 atom stereocenters. The van der Waals surface area contributed by atoms with Crippen molar-refractivity contribution in [2.75, 3.05) is 40.5 Å². The van der Waals surface area contributed by atoms with Crippen molar-refractivity contribution in [3.8, 4) is 28.7 Å². The molecule has 0 N–H and O–H groups in total. The van der Waals surface area contributed by atoms with Crippen molar-refractivity contribution in [2.24, 2.45) is 0 Å². The number of alkyl halides is 3. The van der Waals surface area contributed by atoms with Crippen LogP contribution in [0.2, 0.25) is 5.02 Å². The topological polar surface area (TPSA) is 96.7 Å². The third-order valence-electron chi connectivity index (χ3n) is 6.99. The third-order valence-corrected chi connectivity index (χ3v) is 7.42. The van der Waals surface area contributed by atoms with Crippen LogP contribution in [0.3, 0.4) is 0 Å². The van der Waals surface area contributed by atoms with Crippen LogP contribution in [0.4, 0.5) is 13.2 Å². The summed E-state index contributed by atoms with van der Waals surface area (Å²) in [7, 11) is 2.85. The molecule has 0 spiro atoms. The summed E-state index contributed by atoms with van der Waals surface area (Å²) in [5.74, 6) is -2.92. The molecule has 0 bridgehead atoms. The molecule has 1 aromatic heterocycles. The van der Waals surface area contributed by atoms with Gasteiger partial charge in [-0.1, -0.05) is 11.6 Å². The molecule has 4 aromatic rings. The molecule has 13 heteroatoms. The zero-order chi connectivity index (χ0) is 31.6. The van der Waals surface area contributed by atoms with Crippen LogP contribution in [0.5, 0.6) is 28.7 Å². The van der Waals surface area contributed by atoms with Crippen molar-refractivity contribution in [1.82, 2.24) is 4.90 Å². The predicted octanol–water partition coefficient (Wildman–Crippen LogP) is 6.63. The van der Waals surface area contributed by atoms with Gasteiger partial charge in [-0.2, -0.15) is 13.2 Å². The van der Waals surface area contributed by atoms with E-state index in [4.69, 9.17) is 39.7 Å². The van der Waals surface area contributed by atoms with Crippen molar-refractivity contribution < 1.29 is 46.1 Å². The molecule has 44 heavy (non-hydrogen) atoms. The number of fused-ring (bicyclic) bond motifs is 1. The van der Waals surface area contributed by atoms with Gasteiger partial charge in [0.1, 0.15) is 17.1 Å². The summed E-state index contributed by atoms with van der Waals surface area (Å²) in [6.45, 7) is 3.33. The second kappa shape index (κ2) is 12.8. The Morgan fingerprint density at radius 1 is 0.977 bits per heavy atom. The van der Waals surface area contributed by atoms with E-state index < -0.39 is 29.1 Å². The maximum atomic E-state index is 14.4. The second-order valence-corrected chi connectivity index (χ2v) is 10.3. The van der Waals surface area contributed by atoms with Crippen LogP contribution in [0.15, 0.2) is 57.7 Å². The molecule has 3 aromatic carbocycles. The predicted molar refractivity (Wildman–Crippen MR) is 154 cm³/mol. The summed E-state index contributed by atoms with van der Waals surface area (Å²) >= 11 is 6.04. The molecular formula is C31H27ClF3NO8. The molecule has 1 aliphatic heterocycles. The van der Waals surface area contributed by atoms with E-state index in [1.165, 1.54) is 62.8 Å². The quantitative estimate of drug-likeness (QED) is 0.156. The zero-order valence-corrected chi connectivity index (χ0v) is 24.6. The molecule has 0 amide bonds. The molecular weight excluding hydrogens is 607 g/mol. The number of aryl methyl sites for hydroxylation is 1. The van der Waals surface area contributed by atoms with E-state index >= 15 is 0 Å². The normalized spacial score (nSPS) is 14.0. The fourth-order valence-electron chi connectivity index (χ4n) is 4.71. The lowest BCUT2D eigenvalue weighted by molar-refractivity contribution is -0.154. The van der Waals surface area contributed by atoms with E-state index in [-0.39, 0.29) is 45.9 Å². The fourth-order valence-corrected chi connectivity index (χ4v) is 4.82. The average molecular weight is 634 g/mol. The van der Waals surface area contributed by atoms with Crippen molar-refractivity contribution in [1.29, 1.82) is 0 Å². The highest BCUT2D eigenvalue weighted by Crippen LogP contribution is 2.41. The van der Waals surface area contributed by atoms with Crippen molar-refractivity contribution >= 4 is 28.5 Å². The number of nitrogens with zero attached hydrogens (tertiary/aromatic N) is 1. The first kappa shape index (κ1) is 31.2. The highest BCUT2D eigenvalue weighted by Gasteiger charge is 2.41. The summed E-state index contributed by atoms with van der Waals surface area (Å²) in [4.78, 5) is 28.7. The Kier molecular flexibility index (Phi) is 9.05. The van der Waals surface area contributed by atoms with Gasteiger partial charge in [0.05, 0.1) is 43.9 Å². The Morgan fingerprint density at radius 3 is 2.34 bits per heavy atom. The van der Waals surface area contributed by atoms with Crippen LogP contribution in [-0.4, -0.2) is 51.4 Å². The first-order chi connectivity index (χ1) is 21.0. The van der Waals surface area contributed by atoms with Gasteiger partial charge in [-0.25, -0.2) is 4.79 Å². The molecule has 0 unspecified atom stereocenters. The van der Waals surface area contributed by atoms with E-state index in [0.717, 1.165) is 0 Å². The number of carbonyl (C=O) groups is 1. The van der Waals surface area contributed by atoms with E-state index in [1.807, 2.05) is 4.90 Å². The summed E-state index contributed by atoms with van der Waals surface area (Å²) in [5.41, 5.74) is -0.718. The number of ether oxygens (including phenoxy) is 5. The number of halogens is 4. The summed E-state index contributed by atoms with van der Waals surface area (Å²) in [5, 5.41) is 0.190. The first-order valence-corrected chi connectivity index (χ1v) is 13.8. The highest BCUT2D eigenvalue weighted by atomic mass is 35.5. The number of benzene rings is 3. The van der Waals surface area contributed by atoms with Crippen LogP contribution in [-0.2, 0) is 17.5 Å². The smallest absolute Gasteiger partial charge is 0.453 e. The molecule has 5 rings (SSSR count). The molecule has 1 fully saturated rings. The van der Waals surface area contributed by atoms with Crippen LogP contribution in [0, 0.1) is 6.92 Å². The minimum Gasteiger partial charge on any atom is -0.493 e. The van der Waals surface area contributed by atoms with Gasteiger partial charge in [-0.05, 0) is 61.0 Å². The highest BCUT2D eigenvalue weighted by molar-refractivity contribution is 6.31. The van der Waals surface area contributed by atoms with Gasteiger partial charge in [-0.3, -0.25) is 9.69 Å². The molecule has 232 valence electrons. The number of methoxy groups -OCH3 is 2. The number of morpholine rings is 1. The van der Waals surface area contributed by atoms with Gasteiger partial charge in [0, 0.05) is 24.7 Å². The van der Waals surface area contributed by atoms with Gasteiger partial charge in [-0.15, -0.1) is 0 Å². The Hall–Kier alpha value is -4.26. The van der Waals surface area contributed by atoms with Crippen molar-refractivity contribution in [3.05, 3.63) is 86.2 Å².